The number of nitrogens with zero attached hydrogens (tertiary/aromatic N) is 1. The van der Waals surface area contributed by atoms with Crippen LogP contribution in [0.3, 0.4) is 0 Å². The first kappa shape index (κ1) is 14.7. The van der Waals surface area contributed by atoms with Gasteiger partial charge in [-0.3, -0.25) is 14.9 Å². The number of amides is 1. The highest BCUT2D eigenvalue weighted by molar-refractivity contribution is 5.84. The van der Waals surface area contributed by atoms with Crippen LogP contribution in [0, 0.1) is 10.1 Å². The minimum Gasteiger partial charge on any atom is -0.393 e. The first-order chi connectivity index (χ1) is 8.95. The highest BCUT2D eigenvalue weighted by atomic mass is 16.6. The minimum atomic E-state index is -0.545. The number of nitro benzene ring substituents is 1. The van der Waals surface area contributed by atoms with E-state index in [-0.39, 0.29) is 17.3 Å². The van der Waals surface area contributed by atoms with Crippen molar-refractivity contribution in [3.63, 3.8) is 0 Å². The molecule has 0 radical (unpaired) electrons. The number of carbonyl (C=O) groups excluding carboxylic acids is 1. The lowest BCUT2D eigenvalue weighted by Crippen LogP contribution is -2.37. The number of nitrogens with one attached hydrogen (secondary N) is 2. The van der Waals surface area contributed by atoms with Gasteiger partial charge < -0.3 is 16.4 Å². The Morgan fingerprint density at radius 1 is 1.53 bits per heavy atom. The molecule has 1 atom stereocenters. The van der Waals surface area contributed by atoms with Gasteiger partial charge in [0.15, 0.2) is 0 Å². The number of nitrogen functional groups attached to an aromatic ring is 1. The van der Waals surface area contributed by atoms with E-state index in [0.717, 1.165) is 6.42 Å². The number of anilines is 2. The van der Waals surface area contributed by atoms with Crippen LogP contribution in [0.25, 0.3) is 0 Å². The van der Waals surface area contributed by atoms with E-state index in [4.69, 9.17) is 5.73 Å². The molecule has 1 unspecified atom stereocenters. The molecule has 0 fully saturated rings. The van der Waals surface area contributed by atoms with E-state index >= 15 is 0 Å². The zero-order valence-corrected chi connectivity index (χ0v) is 11.0. The zero-order valence-electron chi connectivity index (χ0n) is 11.0. The third kappa shape index (κ3) is 4.13. The summed E-state index contributed by atoms with van der Waals surface area (Å²) in [6.45, 7) is 4.30. The molecule has 0 aliphatic heterocycles. The molecule has 1 amide bonds. The van der Waals surface area contributed by atoms with Crippen molar-refractivity contribution >= 4 is 23.0 Å². The van der Waals surface area contributed by atoms with Gasteiger partial charge >= 0.3 is 0 Å². The maximum Gasteiger partial charge on any atom is 0.292 e. The van der Waals surface area contributed by atoms with E-state index in [2.05, 4.69) is 10.6 Å². The Bertz CT molecular complexity index is 476. The lowest BCUT2D eigenvalue weighted by atomic mass is 10.2. The summed E-state index contributed by atoms with van der Waals surface area (Å²) in [5.41, 5.74) is 6.06. The summed E-state index contributed by atoms with van der Waals surface area (Å²) in [5.74, 6) is -0.126. The molecule has 0 saturated carbocycles. The van der Waals surface area contributed by atoms with Crippen molar-refractivity contribution in [3.05, 3.63) is 28.3 Å². The molecule has 1 aromatic rings. The second-order valence-corrected chi connectivity index (χ2v) is 4.19. The molecule has 4 N–H and O–H groups in total. The number of nitrogens with two attached hydrogens (primary N) is 1. The van der Waals surface area contributed by atoms with E-state index < -0.39 is 11.0 Å². The first-order valence-electron chi connectivity index (χ1n) is 6.03. The van der Waals surface area contributed by atoms with Crippen molar-refractivity contribution in [1.29, 1.82) is 0 Å². The van der Waals surface area contributed by atoms with Gasteiger partial charge in [0, 0.05) is 18.3 Å². The van der Waals surface area contributed by atoms with Gasteiger partial charge in [0.1, 0.15) is 11.7 Å². The monoisotopic (exact) mass is 266 g/mol. The lowest BCUT2D eigenvalue weighted by molar-refractivity contribution is -0.383. The quantitative estimate of drug-likeness (QED) is 0.410. The van der Waals surface area contributed by atoms with Crippen molar-refractivity contribution in [1.82, 2.24) is 5.32 Å². The fraction of sp³-hybridized carbons (Fsp3) is 0.417. The van der Waals surface area contributed by atoms with Crippen molar-refractivity contribution < 1.29 is 9.72 Å². The van der Waals surface area contributed by atoms with Gasteiger partial charge in [-0.15, -0.1) is 0 Å². The zero-order chi connectivity index (χ0) is 14.4. The average molecular weight is 266 g/mol. The predicted octanol–water partition coefficient (Wildman–Crippen LogP) is 1.50. The van der Waals surface area contributed by atoms with Crippen LogP contribution in [0.4, 0.5) is 17.1 Å². The third-order valence-electron chi connectivity index (χ3n) is 2.55. The summed E-state index contributed by atoms with van der Waals surface area (Å²) in [4.78, 5) is 21.7. The van der Waals surface area contributed by atoms with E-state index in [1.165, 1.54) is 18.2 Å². The van der Waals surface area contributed by atoms with Crippen molar-refractivity contribution in [2.75, 3.05) is 17.6 Å². The highest BCUT2D eigenvalue weighted by Gasteiger charge is 2.15. The molecule has 7 heteroatoms. The Kier molecular flexibility index (Phi) is 5.11. The second-order valence-electron chi connectivity index (χ2n) is 4.19. The minimum absolute atomic E-state index is 0.0659. The molecular formula is C12H18N4O3. The van der Waals surface area contributed by atoms with Crippen LogP contribution in [0.1, 0.15) is 20.3 Å². The number of benzene rings is 1. The van der Waals surface area contributed by atoms with Gasteiger partial charge in [-0.05, 0) is 25.5 Å². The summed E-state index contributed by atoms with van der Waals surface area (Å²) in [6, 6.07) is 3.85. The number of rotatable bonds is 6. The van der Waals surface area contributed by atoms with E-state index in [0.29, 0.717) is 12.2 Å². The number of carbonyl (C=O) groups is 1. The summed E-state index contributed by atoms with van der Waals surface area (Å²) in [6.07, 6.45) is 0.864. The van der Waals surface area contributed by atoms with Crippen LogP contribution < -0.4 is 16.4 Å². The Labute approximate surface area is 111 Å². The van der Waals surface area contributed by atoms with Crippen molar-refractivity contribution in [2.24, 2.45) is 0 Å². The van der Waals surface area contributed by atoms with Gasteiger partial charge in [0.05, 0.1) is 4.92 Å². The normalized spacial score (nSPS) is 11.7. The molecule has 104 valence electrons. The number of nitro groups is 1. The predicted molar refractivity (Wildman–Crippen MR) is 73.9 cm³/mol. The topological polar surface area (TPSA) is 110 Å². The van der Waals surface area contributed by atoms with E-state index in [1.54, 1.807) is 6.92 Å². The molecule has 0 spiro atoms. The largest absolute Gasteiger partial charge is 0.393 e. The van der Waals surface area contributed by atoms with Crippen LogP contribution in [0.15, 0.2) is 18.2 Å². The number of hydrogen-bond donors (Lipinski definition) is 3. The SMILES string of the molecule is CCCNC(=O)C(C)Nc1ccc([N+](=O)[O-])c(N)c1. The van der Waals surface area contributed by atoms with Crippen LogP contribution in [-0.2, 0) is 4.79 Å². The maximum atomic E-state index is 11.7. The van der Waals surface area contributed by atoms with Crippen LogP contribution in [0.2, 0.25) is 0 Å². The molecule has 0 aromatic heterocycles. The lowest BCUT2D eigenvalue weighted by Gasteiger charge is -2.15. The fourth-order valence-electron chi connectivity index (χ4n) is 1.53. The van der Waals surface area contributed by atoms with E-state index in [9.17, 15) is 14.9 Å². The van der Waals surface area contributed by atoms with Crippen LogP contribution in [-0.4, -0.2) is 23.4 Å². The third-order valence-corrected chi connectivity index (χ3v) is 2.55. The molecule has 0 aliphatic rings. The summed E-state index contributed by atoms with van der Waals surface area (Å²) in [7, 11) is 0. The number of hydrogen-bond acceptors (Lipinski definition) is 5. The Morgan fingerprint density at radius 2 is 2.21 bits per heavy atom. The summed E-state index contributed by atoms with van der Waals surface area (Å²) >= 11 is 0. The van der Waals surface area contributed by atoms with Crippen molar-refractivity contribution in [2.45, 2.75) is 26.3 Å². The molecule has 0 aliphatic carbocycles. The molecule has 1 rings (SSSR count). The Hall–Kier alpha value is -2.31. The van der Waals surface area contributed by atoms with E-state index in [1.807, 2.05) is 6.92 Å². The average Bonchev–Trinajstić information content (AvgIpc) is 2.35. The van der Waals surface area contributed by atoms with Gasteiger partial charge in [-0.1, -0.05) is 6.92 Å². The van der Waals surface area contributed by atoms with Crippen molar-refractivity contribution in [3.8, 4) is 0 Å². The smallest absolute Gasteiger partial charge is 0.292 e. The fourth-order valence-corrected chi connectivity index (χ4v) is 1.53. The molecular weight excluding hydrogens is 248 g/mol. The molecule has 0 heterocycles. The summed E-state index contributed by atoms with van der Waals surface area (Å²) < 4.78 is 0. The molecule has 1 aromatic carbocycles. The second kappa shape index (κ2) is 6.58. The van der Waals surface area contributed by atoms with Gasteiger partial charge in [0.25, 0.3) is 5.69 Å². The first-order valence-corrected chi connectivity index (χ1v) is 6.03. The van der Waals surface area contributed by atoms with Gasteiger partial charge in [0.2, 0.25) is 5.91 Å². The molecule has 0 saturated heterocycles. The highest BCUT2D eigenvalue weighted by Crippen LogP contribution is 2.24. The van der Waals surface area contributed by atoms with Gasteiger partial charge in [-0.2, -0.15) is 0 Å². The summed E-state index contributed by atoms with van der Waals surface area (Å²) in [5, 5.41) is 16.3. The standard InChI is InChI=1S/C12H18N4O3/c1-3-6-14-12(17)8(2)15-9-4-5-11(16(18)19)10(13)7-9/h4-5,7-8,15H,3,6,13H2,1-2H3,(H,14,17). The Morgan fingerprint density at radius 3 is 2.74 bits per heavy atom. The molecule has 19 heavy (non-hydrogen) atoms. The molecule has 0 bridgehead atoms. The van der Waals surface area contributed by atoms with Crippen LogP contribution >= 0.6 is 0 Å². The molecule has 7 nitrogen and oxygen atoms in total. The van der Waals surface area contributed by atoms with Crippen LogP contribution in [0.5, 0.6) is 0 Å². The Balaban J connectivity index is 2.69. The van der Waals surface area contributed by atoms with Gasteiger partial charge in [-0.25, -0.2) is 0 Å². The maximum absolute atomic E-state index is 11.7.